The Morgan fingerprint density at radius 1 is 1.31 bits per heavy atom. The molecule has 0 saturated heterocycles. The van der Waals surface area contributed by atoms with Crippen LogP contribution in [0.4, 0.5) is 0 Å². The molecule has 16 heavy (non-hydrogen) atoms. The second kappa shape index (κ2) is 7.99. The summed E-state index contributed by atoms with van der Waals surface area (Å²) in [7, 11) is 0. The van der Waals surface area contributed by atoms with E-state index in [9.17, 15) is 4.79 Å². The summed E-state index contributed by atoms with van der Waals surface area (Å²) in [4.78, 5) is 14.4. The SMILES string of the molecule is [N-]=[N+]=NCCCNC(=O)C1CCCCCC1. The minimum absolute atomic E-state index is 0.183. The molecule has 0 unspecified atom stereocenters. The molecular formula is C11H20N4O. The zero-order chi connectivity index (χ0) is 11.6. The highest BCUT2D eigenvalue weighted by atomic mass is 16.1. The van der Waals surface area contributed by atoms with Gasteiger partial charge in [-0.05, 0) is 24.8 Å². The van der Waals surface area contributed by atoms with Crippen molar-refractivity contribution in [2.45, 2.75) is 44.9 Å². The van der Waals surface area contributed by atoms with Crippen molar-refractivity contribution in [3.63, 3.8) is 0 Å². The van der Waals surface area contributed by atoms with Crippen molar-refractivity contribution in [1.82, 2.24) is 5.32 Å². The first-order valence-corrected chi connectivity index (χ1v) is 6.13. The molecule has 1 aliphatic carbocycles. The molecule has 5 heteroatoms. The van der Waals surface area contributed by atoms with Crippen molar-refractivity contribution in [1.29, 1.82) is 0 Å². The minimum Gasteiger partial charge on any atom is -0.356 e. The van der Waals surface area contributed by atoms with E-state index in [-0.39, 0.29) is 11.8 Å². The van der Waals surface area contributed by atoms with Crippen molar-refractivity contribution < 1.29 is 4.79 Å². The number of hydrogen-bond donors (Lipinski definition) is 1. The summed E-state index contributed by atoms with van der Waals surface area (Å²) in [6.07, 6.45) is 7.67. The van der Waals surface area contributed by atoms with Crippen molar-refractivity contribution in [2.24, 2.45) is 11.0 Å². The zero-order valence-corrected chi connectivity index (χ0v) is 9.69. The van der Waals surface area contributed by atoms with Gasteiger partial charge in [0.05, 0.1) is 0 Å². The number of nitrogens with zero attached hydrogens (tertiary/aromatic N) is 3. The molecule has 1 N–H and O–H groups in total. The summed E-state index contributed by atoms with van der Waals surface area (Å²) in [5.41, 5.74) is 8.08. The van der Waals surface area contributed by atoms with E-state index in [0.717, 1.165) is 19.3 Å². The van der Waals surface area contributed by atoms with Crippen molar-refractivity contribution >= 4 is 5.91 Å². The van der Waals surface area contributed by atoms with Crippen molar-refractivity contribution in [3.8, 4) is 0 Å². The summed E-state index contributed by atoms with van der Waals surface area (Å²) < 4.78 is 0. The van der Waals surface area contributed by atoms with Gasteiger partial charge in [0.1, 0.15) is 0 Å². The maximum Gasteiger partial charge on any atom is 0.223 e. The van der Waals surface area contributed by atoms with Crippen LogP contribution in [-0.2, 0) is 4.79 Å². The lowest BCUT2D eigenvalue weighted by Crippen LogP contribution is -2.31. The Morgan fingerprint density at radius 2 is 2.00 bits per heavy atom. The van der Waals surface area contributed by atoms with Crippen LogP contribution in [0.25, 0.3) is 10.4 Å². The van der Waals surface area contributed by atoms with Crippen LogP contribution in [-0.4, -0.2) is 19.0 Å². The van der Waals surface area contributed by atoms with Gasteiger partial charge in [-0.1, -0.05) is 30.8 Å². The summed E-state index contributed by atoms with van der Waals surface area (Å²) in [5, 5.41) is 6.34. The molecule has 0 aromatic carbocycles. The predicted octanol–water partition coefficient (Wildman–Crippen LogP) is 2.77. The van der Waals surface area contributed by atoms with Gasteiger partial charge in [-0.25, -0.2) is 0 Å². The molecule has 0 atom stereocenters. The fourth-order valence-corrected chi connectivity index (χ4v) is 2.09. The van der Waals surface area contributed by atoms with E-state index >= 15 is 0 Å². The first-order chi connectivity index (χ1) is 7.84. The minimum atomic E-state index is 0.183. The van der Waals surface area contributed by atoms with Gasteiger partial charge in [0.25, 0.3) is 0 Å². The second-order valence-corrected chi connectivity index (χ2v) is 4.29. The van der Waals surface area contributed by atoms with E-state index < -0.39 is 0 Å². The van der Waals surface area contributed by atoms with E-state index in [1.54, 1.807) is 0 Å². The summed E-state index contributed by atoms with van der Waals surface area (Å²) >= 11 is 0. The smallest absolute Gasteiger partial charge is 0.223 e. The number of nitrogens with one attached hydrogen (secondary N) is 1. The highest BCUT2D eigenvalue weighted by Gasteiger charge is 2.19. The predicted molar refractivity (Wildman–Crippen MR) is 62.8 cm³/mol. The molecule has 5 nitrogen and oxygen atoms in total. The Labute approximate surface area is 96.2 Å². The topological polar surface area (TPSA) is 77.9 Å². The van der Waals surface area contributed by atoms with Crippen LogP contribution in [0, 0.1) is 5.92 Å². The van der Waals surface area contributed by atoms with Crippen LogP contribution in [0.3, 0.4) is 0 Å². The molecule has 1 aliphatic rings. The molecule has 90 valence electrons. The monoisotopic (exact) mass is 224 g/mol. The third-order valence-corrected chi connectivity index (χ3v) is 3.02. The molecule has 0 radical (unpaired) electrons. The Balaban J connectivity index is 2.15. The lowest BCUT2D eigenvalue weighted by molar-refractivity contribution is -0.125. The van der Waals surface area contributed by atoms with Crippen LogP contribution >= 0.6 is 0 Å². The number of hydrogen-bond acceptors (Lipinski definition) is 2. The van der Waals surface area contributed by atoms with Crippen LogP contribution < -0.4 is 5.32 Å². The van der Waals surface area contributed by atoms with E-state index in [0.29, 0.717) is 13.1 Å². The average molecular weight is 224 g/mol. The van der Waals surface area contributed by atoms with Crippen LogP contribution in [0.2, 0.25) is 0 Å². The fraction of sp³-hybridized carbons (Fsp3) is 0.909. The summed E-state index contributed by atoms with van der Waals surface area (Å²) in [6.45, 7) is 1.08. The number of carbonyl (C=O) groups is 1. The number of carbonyl (C=O) groups excluding carboxylic acids is 1. The van der Waals surface area contributed by atoms with E-state index in [1.807, 2.05) is 0 Å². The Kier molecular flexibility index (Phi) is 6.42. The number of rotatable bonds is 5. The Bertz CT molecular complexity index is 253. The third-order valence-electron chi connectivity index (χ3n) is 3.02. The third kappa shape index (κ3) is 5.03. The zero-order valence-electron chi connectivity index (χ0n) is 9.69. The van der Waals surface area contributed by atoms with Gasteiger partial charge in [0, 0.05) is 23.9 Å². The van der Waals surface area contributed by atoms with Gasteiger partial charge in [-0.15, -0.1) is 0 Å². The molecule has 0 spiro atoms. The molecule has 1 rings (SSSR count). The maximum atomic E-state index is 11.8. The number of azide groups is 1. The van der Waals surface area contributed by atoms with E-state index in [4.69, 9.17) is 5.53 Å². The maximum absolute atomic E-state index is 11.8. The largest absolute Gasteiger partial charge is 0.356 e. The second-order valence-electron chi connectivity index (χ2n) is 4.29. The van der Waals surface area contributed by atoms with Gasteiger partial charge in [0.2, 0.25) is 5.91 Å². The van der Waals surface area contributed by atoms with Crippen molar-refractivity contribution in [3.05, 3.63) is 10.4 Å². The van der Waals surface area contributed by atoms with Gasteiger partial charge < -0.3 is 5.32 Å². The van der Waals surface area contributed by atoms with Crippen LogP contribution in [0.5, 0.6) is 0 Å². The molecule has 0 aromatic heterocycles. The normalized spacial score (nSPS) is 17.2. The molecule has 1 fully saturated rings. The first-order valence-electron chi connectivity index (χ1n) is 6.13. The molecule has 0 heterocycles. The average Bonchev–Trinajstić information content (AvgIpc) is 2.57. The Morgan fingerprint density at radius 3 is 2.62 bits per heavy atom. The molecular weight excluding hydrogens is 204 g/mol. The number of amides is 1. The molecule has 0 aliphatic heterocycles. The quantitative estimate of drug-likeness (QED) is 0.252. The lowest BCUT2D eigenvalue weighted by Gasteiger charge is -2.13. The first kappa shape index (κ1) is 12.8. The standard InChI is InChI=1S/C11H20N4O/c12-15-14-9-5-8-13-11(16)10-6-3-1-2-4-7-10/h10H,1-9H2,(H,13,16). The molecule has 0 bridgehead atoms. The highest BCUT2D eigenvalue weighted by Crippen LogP contribution is 2.22. The highest BCUT2D eigenvalue weighted by molar-refractivity contribution is 5.78. The van der Waals surface area contributed by atoms with Gasteiger partial charge >= 0.3 is 0 Å². The molecule has 0 aromatic rings. The van der Waals surface area contributed by atoms with Gasteiger partial charge in [-0.3, -0.25) is 4.79 Å². The van der Waals surface area contributed by atoms with Gasteiger partial charge in [0.15, 0.2) is 0 Å². The summed E-state index contributed by atoms with van der Waals surface area (Å²) in [5.74, 6) is 0.393. The Hall–Kier alpha value is -1.22. The molecule has 1 amide bonds. The van der Waals surface area contributed by atoms with E-state index in [2.05, 4.69) is 15.3 Å². The van der Waals surface area contributed by atoms with Crippen LogP contribution in [0.1, 0.15) is 44.9 Å². The molecule has 1 saturated carbocycles. The van der Waals surface area contributed by atoms with Crippen LogP contribution in [0.15, 0.2) is 5.11 Å². The summed E-state index contributed by atoms with van der Waals surface area (Å²) in [6, 6.07) is 0. The van der Waals surface area contributed by atoms with E-state index in [1.165, 1.54) is 25.7 Å². The van der Waals surface area contributed by atoms with Gasteiger partial charge in [-0.2, -0.15) is 0 Å². The fourth-order valence-electron chi connectivity index (χ4n) is 2.09. The lowest BCUT2D eigenvalue weighted by atomic mass is 9.99. The van der Waals surface area contributed by atoms with Crippen molar-refractivity contribution in [2.75, 3.05) is 13.1 Å².